The van der Waals surface area contributed by atoms with Gasteiger partial charge in [0.2, 0.25) is 5.78 Å². The highest BCUT2D eigenvalue weighted by Gasteiger charge is 2.45. The number of fused-ring (bicyclic) bond motifs is 2. The van der Waals surface area contributed by atoms with Gasteiger partial charge in [-0.3, -0.25) is 9.69 Å². The van der Waals surface area contributed by atoms with E-state index in [4.69, 9.17) is 9.47 Å². The minimum atomic E-state index is -0.333. The van der Waals surface area contributed by atoms with Crippen molar-refractivity contribution in [2.75, 3.05) is 13.2 Å². The number of ketones is 1. The summed E-state index contributed by atoms with van der Waals surface area (Å²) in [6.07, 6.45) is 4.21. The third kappa shape index (κ3) is 3.60. The van der Waals surface area contributed by atoms with E-state index >= 15 is 0 Å². The number of nitrogens with zero attached hydrogens (tertiary/aromatic N) is 3. The molecule has 3 heterocycles. The smallest absolute Gasteiger partial charge is 0.410 e. The summed E-state index contributed by atoms with van der Waals surface area (Å²) < 4.78 is 12.9. The van der Waals surface area contributed by atoms with Crippen molar-refractivity contribution in [1.29, 1.82) is 0 Å². The van der Waals surface area contributed by atoms with Crippen molar-refractivity contribution in [1.82, 2.24) is 14.5 Å². The molecule has 0 aliphatic carbocycles. The summed E-state index contributed by atoms with van der Waals surface area (Å²) >= 11 is 0. The molecule has 7 heteroatoms. The molecule has 1 amide bonds. The van der Waals surface area contributed by atoms with Crippen molar-refractivity contribution in [2.24, 2.45) is 13.0 Å². The summed E-state index contributed by atoms with van der Waals surface area (Å²) in [5, 5.41) is 0. The van der Waals surface area contributed by atoms with Gasteiger partial charge in [-0.25, -0.2) is 9.78 Å². The van der Waals surface area contributed by atoms with Crippen molar-refractivity contribution in [3.8, 4) is 0 Å². The van der Waals surface area contributed by atoms with Crippen molar-refractivity contribution in [3.05, 3.63) is 54.1 Å². The first-order valence-corrected chi connectivity index (χ1v) is 9.21. The maximum atomic E-state index is 12.8. The molecule has 7 nitrogen and oxygen atoms in total. The highest BCUT2D eigenvalue weighted by molar-refractivity contribution is 5.95. The number of carbonyl (C=O) groups excluding carboxylic acids is 2. The van der Waals surface area contributed by atoms with Crippen LogP contribution in [0.5, 0.6) is 0 Å². The van der Waals surface area contributed by atoms with Gasteiger partial charge in [0.15, 0.2) is 5.82 Å². The maximum Gasteiger partial charge on any atom is 0.410 e. The second kappa shape index (κ2) is 7.52. The molecule has 2 unspecified atom stereocenters. The Labute approximate surface area is 157 Å². The van der Waals surface area contributed by atoms with Crippen LogP contribution >= 0.6 is 0 Å². The number of piperidine rings is 1. The minimum absolute atomic E-state index is 0.0386. The van der Waals surface area contributed by atoms with Gasteiger partial charge in [0, 0.05) is 25.4 Å². The van der Waals surface area contributed by atoms with Crippen LogP contribution in [0.4, 0.5) is 4.79 Å². The van der Waals surface area contributed by atoms with E-state index in [-0.39, 0.29) is 36.5 Å². The Balaban J connectivity index is 1.43. The summed E-state index contributed by atoms with van der Waals surface area (Å²) in [6, 6.07) is 9.33. The van der Waals surface area contributed by atoms with Gasteiger partial charge in [-0.1, -0.05) is 30.3 Å². The van der Waals surface area contributed by atoms with E-state index in [2.05, 4.69) is 4.98 Å². The molecule has 0 saturated carbocycles. The Bertz CT molecular complexity index is 806. The van der Waals surface area contributed by atoms with Crippen molar-refractivity contribution in [3.63, 3.8) is 0 Å². The summed E-state index contributed by atoms with van der Waals surface area (Å²) in [6.45, 7) is 1.11. The number of Topliss-reactive ketones (excluding diaryl/α,β-unsaturated/α-hetero) is 1. The summed E-state index contributed by atoms with van der Waals surface area (Å²) in [7, 11) is 1.82. The molecule has 2 fully saturated rings. The van der Waals surface area contributed by atoms with Gasteiger partial charge in [-0.15, -0.1) is 0 Å². The summed E-state index contributed by atoms with van der Waals surface area (Å²) in [5.41, 5.74) is 0.951. The number of ether oxygens (including phenoxy) is 2. The third-order valence-electron chi connectivity index (χ3n) is 5.35. The number of aryl methyl sites for hydroxylation is 1. The van der Waals surface area contributed by atoms with Crippen molar-refractivity contribution in [2.45, 2.75) is 31.5 Å². The summed E-state index contributed by atoms with van der Waals surface area (Å²) in [4.78, 5) is 31.5. The molecule has 4 rings (SSSR count). The molecule has 0 radical (unpaired) electrons. The molecule has 0 N–H and O–H groups in total. The zero-order valence-corrected chi connectivity index (χ0v) is 15.3. The molecule has 2 bridgehead atoms. The molecule has 2 aromatic rings. The zero-order valence-electron chi connectivity index (χ0n) is 15.3. The lowest BCUT2D eigenvalue weighted by molar-refractivity contribution is -0.0756. The van der Waals surface area contributed by atoms with Crippen LogP contribution in [-0.2, 0) is 23.1 Å². The van der Waals surface area contributed by atoms with E-state index < -0.39 is 0 Å². The van der Waals surface area contributed by atoms with Gasteiger partial charge >= 0.3 is 6.09 Å². The molecule has 1 aromatic carbocycles. The van der Waals surface area contributed by atoms with Gasteiger partial charge in [0.1, 0.15) is 6.61 Å². The average Bonchev–Trinajstić information content (AvgIpc) is 3.11. The molecule has 1 aromatic heterocycles. The molecule has 27 heavy (non-hydrogen) atoms. The van der Waals surface area contributed by atoms with E-state index in [1.54, 1.807) is 21.9 Å². The Morgan fingerprint density at radius 1 is 1.19 bits per heavy atom. The Kier molecular flexibility index (Phi) is 4.94. The molecule has 2 aliphatic rings. The van der Waals surface area contributed by atoms with Gasteiger partial charge in [0.25, 0.3) is 0 Å². The van der Waals surface area contributed by atoms with Gasteiger partial charge < -0.3 is 14.0 Å². The number of rotatable bonds is 4. The second-order valence-electron chi connectivity index (χ2n) is 7.19. The normalized spacial score (nSPS) is 24.5. The number of carbonyl (C=O) groups is 2. The standard InChI is InChI=1S/C20H23N3O4/c1-22-8-7-21-19(22)18(24)15-9-16-12-26-13-17(10-15)23(16)20(25)27-11-14-5-3-2-4-6-14/h2-8,15-17H,9-13H2,1H3. The van der Waals surface area contributed by atoms with E-state index in [1.165, 1.54) is 0 Å². The largest absolute Gasteiger partial charge is 0.445 e. The predicted octanol–water partition coefficient (Wildman–Crippen LogP) is 2.42. The SMILES string of the molecule is Cn1ccnc1C(=O)C1CC2COCC(C1)N2C(=O)OCc1ccccc1. The van der Waals surface area contributed by atoms with Crippen LogP contribution in [0.3, 0.4) is 0 Å². The number of benzene rings is 1. The lowest BCUT2D eigenvalue weighted by Crippen LogP contribution is -2.60. The van der Waals surface area contributed by atoms with E-state index in [0.29, 0.717) is 31.9 Å². The number of amides is 1. The number of imidazole rings is 1. The van der Waals surface area contributed by atoms with Crippen molar-refractivity contribution < 1.29 is 19.1 Å². The van der Waals surface area contributed by atoms with Crippen LogP contribution in [0.15, 0.2) is 42.7 Å². The van der Waals surface area contributed by atoms with Gasteiger partial charge in [-0.05, 0) is 18.4 Å². The highest BCUT2D eigenvalue weighted by atomic mass is 16.6. The monoisotopic (exact) mass is 369 g/mol. The maximum absolute atomic E-state index is 12.8. The average molecular weight is 369 g/mol. The zero-order chi connectivity index (χ0) is 18.8. The van der Waals surface area contributed by atoms with E-state index in [9.17, 15) is 9.59 Å². The molecular weight excluding hydrogens is 346 g/mol. The molecule has 2 aliphatic heterocycles. The molecule has 2 atom stereocenters. The first kappa shape index (κ1) is 17.7. The lowest BCUT2D eigenvalue weighted by atomic mass is 9.82. The van der Waals surface area contributed by atoms with Gasteiger partial charge in [-0.2, -0.15) is 0 Å². The Morgan fingerprint density at radius 3 is 2.52 bits per heavy atom. The van der Waals surface area contributed by atoms with Crippen LogP contribution in [-0.4, -0.2) is 51.6 Å². The third-order valence-corrected chi connectivity index (χ3v) is 5.35. The number of aromatic nitrogens is 2. The fourth-order valence-corrected chi connectivity index (χ4v) is 4.01. The van der Waals surface area contributed by atoms with Crippen LogP contribution < -0.4 is 0 Å². The molecule has 142 valence electrons. The van der Waals surface area contributed by atoms with Crippen LogP contribution in [0.2, 0.25) is 0 Å². The first-order chi connectivity index (χ1) is 13.1. The molecule has 2 saturated heterocycles. The molecule has 0 spiro atoms. The van der Waals surface area contributed by atoms with Crippen LogP contribution in [0.1, 0.15) is 29.0 Å². The van der Waals surface area contributed by atoms with Crippen LogP contribution in [0.25, 0.3) is 0 Å². The summed E-state index contributed by atoms with van der Waals surface area (Å²) in [5.74, 6) is 0.360. The van der Waals surface area contributed by atoms with E-state index in [0.717, 1.165) is 5.56 Å². The lowest BCUT2D eigenvalue weighted by Gasteiger charge is -2.47. The second-order valence-corrected chi connectivity index (χ2v) is 7.19. The van der Waals surface area contributed by atoms with Crippen LogP contribution in [0, 0.1) is 5.92 Å². The van der Waals surface area contributed by atoms with Gasteiger partial charge in [0.05, 0.1) is 25.3 Å². The Morgan fingerprint density at radius 2 is 1.89 bits per heavy atom. The number of hydrogen-bond donors (Lipinski definition) is 0. The number of hydrogen-bond acceptors (Lipinski definition) is 5. The Hall–Kier alpha value is -2.67. The fraction of sp³-hybridized carbons (Fsp3) is 0.450. The molecular formula is C20H23N3O4. The topological polar surface area (TPSA) is 73.7 Å². The fourth-order valence-electron chi connectivity index (χ4n) is 4.01. The highest BCUT2D eigenvalue weighted by Crippen LogP contribution is 2.34. The number of morpholine rings is 1. The first-order valence-electron chi connectivity index (χ1n) is 9.21. The van der Waals surface area contributed by atoms with Crippen molar-refractivity contribution >= 4 is 11.9 Å². The quantitative estimate of drug-likeness (QED) is 0.774. The van der Waals surface area contributed by atoms with E-state index in [1.807, 2.05) is 37.4 Å². The predicted molar refractivity (Wildman–Crippen MR) is 97.1 cm³/mol. The minimum Gasteiger partial charge on any atom is -0.445 e.